The SMILES string of the molecule is C=C1CC[C@@H](Cc2ccccc2)[C@@H]2C[C@H]12. The molecule has 1 aromatic carbocycles. The number of hydrogen-bond donors (Lipinski definition) is 0. The van der Waals surface area contributed by atoms with E-state index in [1.807, 2.05) is 0 Å². The summed E-state index contributed by atoms with van der Waals surface area (Å²) in [4.78, 5) is 0. The van der Waals surface area contributed by atoms with Crippen LogP contribution in [0.3, 0.4) is 0 Å². The van der Waals surface area contributed by atoms with E-state index in [0.717, 1.165) is 17.8 Å². The van der Waals surface area contributed by atoms with Crippen LogP contribution in [0, 0.1) is 17.8 Å². The van der Waals surface area contributed by atoms with E-state index in [1.165, 1.54) is 36.8 Å². The smallest absolute Gasteiger partial charge is 0.0172 e. The summed E-state index contributed by atoms with van der Waals surface area (Å²) in [5.74, 6) is 2.81. The predicted molar refractivity (Wildman–Crippen MR) is 63.6 cm³/mol. The molecule has 0 saturated heterocycles. The molecular weight excluding hydrogens is 180 g/mol. The summed E-state index contributed by atoms with van der Waals surface area (Å²) in [6.45, 7) is 4.18. The van der Waals surface area contributed by atoms with Gasteiger partial charge in [-0.15, -0.1) is 0 Å². The van der Waals surface area contributed by atoms with Crippen LogP contribution in [0.15, 0.2) is 42.5 Å². The van der Waals surface area contributed by atoms with E-state index in [4.69, 9.17) is 0 Å². The van der Waals surface area contributed by atoms with Crippen LogP contribution >= 0.6 is 0 Å². The third-order valence-corrected chi connectivity index (χ3v) is 4.15. The third kappa shape index (κ3) is 1.73. The van der Waals surface area contributed by atoms with Crippen molar-refractivity contribution in [2.75, 3.05) is 0 Å². The maximum atomic E-state index is 4.18. The van der Waals surface area contributed by atoms with Gasteiger partial charge in [0.25, 0.3) is 0 Å². The Morgan fingerprint density at radius 2 is 2.00 bits per heavy atom. The summed E-state index contributed by atoms with van der Waals surface area (Å²) in [6, 6.07) is 10.9. The van der Waals surface area contributed by atoms with E-state index in [1.54, 1.807) is 0 Å². The Morgan fingerprint density at radius 1 is 1.20 bits per heavy atom. The lowest BCUT2D eigenvalue weighted by molar-refractivity contribution is 0.379. The first-order valence-corrected chi connectivity index (χ1v) is 6.06. The van der Waals surface area contributed by atoms with Gasteiger partial charge in [-0.2, -0.15) is 0 Å². The zero-order valence-corrected chi connectivity index (χ0v) is 9.15. The number of hydrogen-bond acceptors (Lipinski definition) is 0. The van der Waals surface area contributed by atoms with Crippen molar-refractivity contribution in [2.24, 2.45) is 17.8 Å². The van der Waals surface area contributed by atoms with E-state index >= 15 is 0 Å². The van der Waals surface area contributed by atoms with Crippen molar-refractivity contribution in [2.45, 2.75) is 25.7 Å². The fraction of sp³-hybridized carbons (Fsp3) is 0.467. The molecule has 0 aliphatic heterocycles. The van der Waals surface area contributed by atoms with Gasteiger partial charge in [-0.3, -0.25) is 0 Å². The van der Waals surface area contributed by atoms with Gasteiger partial charge in [0, 0.05) is 0 Å². The van der Waals surface area contributed by atoms with E-state index < -0.39 is 0 Å². The van der Waals surface area contributed by atoms with Gasteiger partial charge in [0.15, 0.2) is 0 Å². The summed E-state index contributed by atoms with van der Waals surface area (Å²) in [5, 5.41) is 0. The molecular formula is C15H18. The molecule has 2 fully saturated rings. The second-order valence-electron chi connectivity index (χ2n) is 5.15. The fourth-order valence-electron chi connectivity index (χ4n) is 3.15. The molecule has 2 aliphatic rings. The van der Waals surface area contributed by atoms with E-state index in [-0.39, 0.29) is 0 Å². The van der Waals surface area contributed by atoms with Crippen LogP contribution in [0.4, 0.5) is 0 Å². The lowest BCUT2D eigenvalue weighted by atomic mass is 9.83. The third-order valence-electron chi connectivity index (χ3n) is 4.15. The van der Waals surface area contributed by atoms with Crippen LogP contribution in [0.25, 0.3) is 0 Å². The Labute approximate surface area is 92.0 Å². The second-order valence-corrected chi connectivity index (χ2v) is 5.15. The molecule has 0 spiro atoms. The first-order valence-electron chi connectivity index (χ1n) is 6.06. The summed E-state index contributed by atoms with van der Waals surface area (Å²) in [5.41, 5.74) is 3.05. The Balaban J connectivity index is 1.68. The lowest BCUT2D eigenvalue weighted by Crippen LogP contribution is -2.13. The Bertz CT molecular complexity index is 363. The summed E-state index contributed by atoms with van der Waals surface area (Å²) >= 11 is 0. The van der Waals surface area contributed by atoms with Crippen LogP contribution in [-0.4, -0.2) is 0 Å². The van der Waals surface area contributed by atoms with Crippen LogP contribution in [0.2, 0.25) is 0 Å². The molecule has 0 bridgehead atoms. The molecule has 78 valence electrons. The highest BCUT2D eigenvalue weighted by Crippen LogP contribution is 2.55. The first-order chi connectivity index (χ1) is 7.34. The molecule has 0 amide bonds. The molecule has 3 atom stereocenters. The van der Waals surface area contributed by atoms with Crippen molar-refractivity contribution in [3.8, 4) is 0 Å². The largest absolute Gasteiger partial charge is 0.0996 e. The van der Waals surface area contributed by atoms with Gasteiger partial charge in [0.1, 0.15) is 0 Å². The minimum atomic E-state index is 0.896. The Hall–Kier alpha value is -1.04. The minimum Gasteiger partial charge on any atom is -0.0996 e. The zero-order valence-electron chi connectivity index (χ0n) is 9.15. The first kappa shape index (κ1) is 9.21. The van der Waals surface area contributed by atoms with Gasteiger partial charge >= 0.3 is 0 Å². The van der Waals surface area contributed by atoms with Crippen molar-refractivity contribution in [3.63, 3.8) is 0 Å². The maximum Gasteiger partial charge on any atom is -0.0172 e. The van der Waals surface area contributed by atoms with Crippen molar-refractivity contribution in [3.05, 3.63) is 48.0 Å². The summed E-state index contributed by atoms with van der Waals surface area (Å²) < 4.78 is 0. The fourth-order valence-corrected chi connectivity index (χ4v) is 3.15. The highest BCUT2D eigenvalue weighted by molar-refractivity contribution is 5.21. The molecule has 2 aliphatic carbocycles. The van der Waals surface area contributed by atoms with Crippen molar-refractivity contribution in [1.29, 1.82) is 0 Å². The van der Waals surface area contributed by atoms with Crippen LogP contribution in [0.1, 0.15) is 24.8 Å². The summed E-state index contributed by atoms with van der Waals surface area (Å²) in [7, 11) is 0. The van der Waals surface area contributed by atoms with Crippen LogP contribution in [-0.2, 0) is 6.42 Å². The van der Waals surface area contributed by atoms with Crippen molar-refractivity contribution >= 4 is 0 Å². The minimum absolute atomic E-state index is 0.896. The highest BCUT2D eigenvalue weighted by atomic mass is 14.5. The topological polar surface area (TPSA) is 0 Å². The van der Waals surface area contributed by atoms with E-state index in [2.05, 4.69) is 36.9 Å². The normalized spacial score (nSPS) is 33.6. The predicted octanol–water partition coefficient (Wildman–Crippen LogP) is 3.83. The molecule has 2 saturated carbocycles. The van der Waals surface area contributed by atoms with Crippen LogP contribution < -0.4 is 0 Å². The Kier molecular flexibility index (Phi) is 2.16. The standard InChI is InChI=1S/C15H18/c1-11-7-8-13(15-10-14(11)15)9-12-5-3-2-4-6-12/h2-6,13-15H,1,7-10H2/t13-,14+,15-/m0/s1. The molecule has 0 N–H and O–H groups in total. The quantitative estimate of drug-likeness (QED) is 0.633. The molecule has 0 unspecified atom stereocenters. The second kappa shape index (κ2) is 3.52. The molecule has 0 heterocycles. The molecule has 0 heteroatoms. The molecule has 0 aromatic heterocycles. The van der Waals surface area contributed by atoms with Gasteiger partial charge in [-0.25, -0.2) is 0 Å². The van der Waals surface area contributed by atoms with Gasteiger partial charge in [0.05, 0.1) is 0 Å². The van der Waals surface area contributed by atoms with Crippen LogP contribution in [0.5, 0.6) is 0 Å². The molecule has 3 rings (SSSR count). The van der Waals surface area contributed by atoms with E-state index in [9.17, 15) is 0 Å². The highest BCUT2D eigenvalue weighted by Gasteiger charge is 2.46. The monoisotopic (exact) mass is 198 g/mol. The average molecular weight is 198 g/mol. The number of fused-ring (bicyclic) bond motifs is 1. The summed E-state index contributed by atoms with van der Waals surface area (Å²) in [6.07, 6.45) is 5.36. The van der Waals surface area contributed by atoms with E-state index in [0.29, 0.717) is 0 Å². The average Bonchev–Trinajstić information content (AvgIpc) is 3.05. The number of rotatable bonds is 2. The molecule has 0 nitrogen and oxygen atoms in total. The van der Waals surface area contributed by atoms with Gasteiger partial charge < -0.3 is 0 Å². The lowest BCUT2D eigenvalue weighted by Gasteiger charge is -2.22. The zero-order chi connectivity index (χ0) is 10.3. The van der Waals surface area contributed by atoms with Gasteiger partial charge in [0.2, 0.25) is 0 Å². The Morgan fingerprint density at radius 3 is 2.80 bits per heavy atom. The molecule has 15 heavy (non-hydrogen) atoms. The molecule has 0 radical (unpaired) electrons. The van der Waals surface area contributed by atoms with Crippen molar-refractivity contribution < 1.29 is 0 Å². The number of benzene rings is 1. The van der Waals surface area contributed by atoms with Gasteiger partial charge in [-0.1, -0.05) is 42.5 Å². The molecule has 1 aromatic rings. The van der Waals surface area contributed by atoms with Crippen molar-refractivity contribution in [1.82, 2.24) is 0 Å². The number of allylic oxidation sites excluding steroid dienone is 1. The maximum absolute atomic E-state index is 4.18. The van der Waals surface area contributed by atoms with Gasteiger partial charge in [-0.05, 0) is 49.0 Å².